The summed E-state index contributed by atoms with van der Waals surface area (Å²) in [5.74, 6) is -3.41. The van der Waals surface area contributed by atoms with Crippen molar-refractivity contribution in [1.29, 1.82) is 0 Å². The third-order valence-electron chi connectivity index (χ3n) is 5.62. The molecule has 0 bridgehead atoms. The Morgan fingerprint density at radius 3 is 2.35 bits per heavy atom. The molecule has 0 spiro atoms. The van der Waals surface area contributed by atoms with Crippen LogP contribution in [0.4, 0.5) is 5.69 Å². The van der Waals surface area contributed by atoms with E-state index >= 15 is 0 Å². The van der Waals surface area contributed by atoms with E-state index in [0.29, 0.717) is 18.5 Å². The van der Waals surface area contributed by atoms with Crippen LogP contribution in [0, 0.1) is 11.3 Å². The van der Waals surface area contributed by atoms with E-state index in [-0.39, 0.29) is 23.1 Å². The van der Waals surface area contributed by atoms with E-state index < -0.39 is 53.6 Å². The van der Waals surface area contributed by atoms with Gasteiger partial charge in [-0.2, -0.15) is 0 Å². The van der Waals surface area contributed by atoms with E-state index in [4.69, 9.17) is 22.1 Å². The fourth-order valence-corrected chi connectivity index (χ4v) is 3.62. The highest BCUT2D eigenvalue weighted by Crippen LogP contribution is 2.33. The SMILES string of the molecule is C=CC(=O)N(CC(=O)OCC)NC(=O)C(NC(=O)C(NC(=O)c1ccc(N)c(Cl)c1)C(C)(C)C)C1CC1. The number of carbonyl (C=O) groups is 5. The van der Waals surface area contributed by atoms with Crippen LogP contribution in [-0.2, 0) is 23.9 Å². The van der Waals surface area contributed by atoms with Gasteiger partial charge in [0.05, 0.1) is 17.3 Å². The van der Waals surface area contributed by atoms with Gasteiger partial charge in [-0.25, -0.2) is 5.01 Å². The summed E-state index contributed by atoms with van der Waals surface area (Å²) in [7, 11) is 0. The monoisotopic (exact) mass is 535 g/mol. The highest BCUT2D eigenvalue weighted by molar-refractivity contribution is 6.33. The lowest BCUT2D eigenvalue weighted by Crippen LogP contribution is -2.60. The van der Waals surface area contributed by atoms with Gasteiger partial charge in [-0.3, -0.25) is 29.4 Å². The molecule has 1 aliphatic carbocycles. The summed E-state index contributed by atoms with van der Waals surface area (Å²) in [5.41, 5.74) is 7.90. The van der Waals surface area contributed by atoms with Crippen LogP contribution >= 0.6 is 11.6 Å². The van der Waals surface area contributed by atoms with E-state index in [1.807, 2.05) is 0 Å². The zero-order valence-corrected chi connectivity index (χ0v) is 22.2. The normalized spacial score (nSPS) is 14.5. The zero-order valence-electron chi connectivity index (χ0n) is 21.4. The van der Waals surface area contributed by atoms with E-state index in [9.17, 15) is 24.0 Å². The minimum absolute atomic E-state index is 0.103. The molecule has 4 amide bonds. The molecule has 5 N–H and O–H groups in total. The number of nitrogens with two attached hydrogens (primary N) is 1. The average molecular weight is 536 g/mol. The predicted octanol–water partition coefficient (Wildman–Crippen LogP) is 1.57. The van der Waals surface area contributed by atoms with Crippen LogP contribution in [0.15, 0.2) is 30.9 Å². The third kappa shape index (κ3) is 8.49. The van der Waals surface area contributed by atoms with Gasteiger partial charge in [-0.15, -0.1) is 0 Å². The van der Waals surface area contributed by atoms with Gasteiger partial charge < -0.3 is 21.1 Å². The fourth-order valence-electron chi connectivity index (χ4n) is 3.44. The molecule has 0 radical (unpaired) electrons. The van der Waals surface area contributed by atoms with Gasteiger partial charge >= 0.3 is 5.97 Å². The quantitative estimate of drug-likeness (QED) is 0.153. The second kappa shape index (κ2) is 12.6. The molecule has 2 unspecified atom stereocenters. The van der Waals surface area contributed by atoms with Gasteiger partial charge in [-0.1, -0.05) is 39.0 Å². The Hall–Kier alpha value is -3.60. The highest BCUT2D eigenvalue weighted by atomic mass is 35.5. The van der Waals surface area contributed by atoms with Crippen molar-refractivity contribution in [2.75, 3.05) is 18.9 Å². The number of hydrogen-bond acceptors (Lipinski definition) is 7. The second-order valence-corrected chi connectivity index (χ2v) is 10.1. The Morgan fingerprint density at radius 2 is 1.84 bits per heavy atom. The molecule has 1 aromatic carbocycles. The predicted molar refractivity (Wildman–Crippen MR) is 138 cm³/mol. The Labute approximate surface area is 221 Å². The maximum absolute atomic E-state index is 13.3. The summed E-state index contributed by atoms with van der Waals surface area (Å²) >= 11 is 6.02. The van der Waals surface area contributed by atoms with Gasteiger partial charge in [0.25, 0.3) is 17.7 Å². The number of esters is 1. The van der Waals surface area contributed by atoms with Crippen LogP contribution in [0.5, 0.6) is 0 Å². The number of ether oxygens (including phenoxy) is 1. The molecule has 1 fully saturated rings. The van der Waals surface area contributed by atoms with E-state index in [1.54, 1.807) is 27.7 Å². The van der Waals surface area contributed by atoms with Crippen LogP contribution in [0.2, 0.25) is 5.02 Å². The molecule has 1 aliphatic rings. The van der Waals surface area contributed by atoms with Crippen molar-refractivity contribution in [3.63, 3.8) is 0 Å². The maximum Gasteiger partial charge on any atom is 0.327 e. The highest BCUT2D eigenvalue weighted by Gasteiger charge is 2.41. The molecular weight excluding hydrogens is 502 g/mol. The topological polar surface area (TPSA) is 160 Å². The number of nitrogen functional groups attached to an aromatic ring is 1. The van der Waals surface area contributed by atoms with Gasteiger partial charge in [0, 0.05) is 5.56 Å². The molecule has 0 saturated heterocycles. The Bertz CT molecular complexity index is 1070. The van der Waals surface area contributed by atoms with Crippen LogP contribution in [-0.4, -0.2) is 59.8 Å². The van der Waals surface area contributed by atoms with E-state index in [0.717, 1.165) is 11.1 Å². The Kier molecular flexibility index (Phi) is 10.1. The second-order valence-electron chi connectivity index (χ2n) is 9.74. The number of carbonyl (C=O) groups excluding carboxylic acids is 5. The summed E-state index contributed by atoms with van der Waals surface area (Å²) in [4.78, 5) is 63.4. The summed E-state index contributed by atoms with van der Waals surface area (Å²) in [6.45, 7) is 9.87. The zero-order chi connectivity index (χ0) is 27.9. The first kappa shape index (κ1) is 29.6. The number of amides is 4. The van der Waals surface area contributed by atoms with Crippen molar-refractivity contribution >= 4 is 46.9 Å². The van der Waals surface area contributed by atoms with Gasteiger partial charge in [0.15, 0.2) is 0 Å². The Morgan fingerprint density at radius 1 is 1.19 bits per heavy atom. The fraction of sp³-hybridized carbons (Fsp3) is 0.480. The minimum atomic E-state index is -1.02. The molecule has 202 valence electrons. The summed E-state index contributed by atoms with van der Waals surface area (Å²) in [5, 5.41) is 6.41. The first-order chi connectivity index (χ1) is 17.3. The first-order valence-corrected chi connectivity index (χ1v) is 12.2. The molecule has 12 heteroatoms. The molecule has 1 saturated carbocycles. The van der Waals surface area contributed by atoms with Gasteiger partial charge in [0.1, 0.15) is 18.6 Å². The van der Waals surface area contributed by atoms with Crippen LogP contribution in [0.3, 0.4) is 0 Å². The van der Waals surface area contributed by atoms with Gasteiger partial charge in [-0.05, 0) is 55.4 Å². The van der Waals surface area contributed by atoms with Crippen molar-refractivity contribution in [2.24, 2.45) is 11.3 Å². The molecule has 0 aliphatic heterocycles. The van der Waals surface area contributed by atoms with E-state index in [1.165, 1.54) is 18.2 Å². The molecule has 11 nitrogen and oxygen atoms in total. The lowest BCUT2D eigenvalue weighted by atomic mass is 9.85. The smallest absolute Gasteiger partial charge is 0.327 e. The lowest BCUT2D eigenvalue weighted by molar-refractivity contribution is -0.152. The number of benzene rings is 1. The molecular formula is C25H34ClN5O6. The maximum atomic E-state index is 13.3. The van der Waals surface area contributed by atoms with Crippen molar-refractivity contribution in [2.45, 2.75) is 52.6 Å². The number of nitrogens with one attached hydrogen (secondary N) is 3. The molecule has 1 aromatic rings. The molecule has 37 heavy (non-hydrogen) atoms. The first-order valence-electron chi connectivity index (χ1n) is 11.8. The van der Waals surface area contributed by atoms with Crippen molar-refractivity contribution in [1.82, 2.24) is 21.1 Å². The number of anilines is 1. The summed E-state index contributed by atoms with van der Waals surface area (Å²) < 4.78 is 4.85. The van der Waals surface area contributed by atoms with Crippen molar-refractivity contribution < 1.29 is 28.7 Å². The molecule has 0 heterocycles. The molecule has 2 rings (SSSR count). The van der Waals surface area contributed by atoms with Gasteiger partial charge in [0.2, 0.25) is 5.91 Å². The third-order valence-corrected chi connectivity index (χ3v) is 5.95. The molecule has 0 aromatic heterocycles. The van der Waals surface area contributed by atoms with Crippen molar-refractivity contribution in [3.05, 3.63) is 41.4 Å². The number of rotatable bonds is 10. The standard InChI is InChI=1S/C25H34ClN5O6/c1-6-18(32)31(13-19(33)37-7-2)30-23(35)20(14-8-9-14)28-24(36)21(25(3,4)5)29-22(34)15-10-11-17(27)16(26)12-15/h6,10-12,14,20-21H,1,7-9,13,27H2,2-5H3,(H,28,36)(H,29,34)(H,30,35). The largest absolute Gasteiger partial charge is 0.465 e. The number of halogens is 1. The summed E-state index contributed by atoms with van der Waals surface area (Å²) in [6, 6.07) is 2.37. The molecule has 2 atom stereocenters. The van der Waals surface area contributed by atoms with Crippen LogP contribution in [0.1, 0.15) is 50.9 Å². The number of hydrazine groups is 1. The average Bonchev–Trinajstić information content (AvgIpc) is 3.66. The van der Waals surface area contributed by atoms with Crippen LogP contribution < -0.4 is 21.8 Å². The van der Waals surface area contributed by atoms with Crippen LogP contribution in [0.25, 0.3) is 0 Å². The lowest BCUT2D eigenvalue weighted by Gasteiger charge is -2.32. The summed E-state index contributed by atoms with van der Waals surface area (Å²) in [6.07, 6.45) is 2.31. The minimum Gasteiger partial charge on any atom is -0.465 e. The van der Waals surface area contributed by atoms with E-state index in [2.05, 4.69) is 22.6 Å². The number of nitrogens with zero attached hydrogens (tertiary/aromatic N) is 1. The van der Waals surface area contributed by atoms with Crippen molar-refractivity contribution in [3.8, 4) is 0 Å². The number of hydrogen-bond donors (Lipinski definition) is 4. The Balaban J connectivity index is 2.18.